The fraction of sp³-hybridized carbons (Fsp3) is 0.364. The minimum Gasteiger partial charge on any atom is -0.478 e. The molecule has 0 fully saturated rings. The van der Waals surface area contributed by atoms with E-state index in [1.165, 1.54) is 6.92 Å². The van der Waals surface area contributed by atoms with E-state index in [0.29, 0.717) is 0 Å². The van der Waals surface area contributed by atoms with Crippen LogP contribution in [0.4, 0.5) is 4.39 Å². The molecule has 1 unspecified atom stereocenters. The van der Waals surface area contributed by atoms with Crippen molar-refractivity contribution in [3.8, 4) is 0 Å². The van der Waals surface area contributed by atoms with Crippen LogP contribution in [0.25, 0.3) is 0 Å². The van der Waals surface area contributed by atoms with Crippen LogP contribution < -0.4 is 4.72 Å². The fourth-order valence-electron chi connectivity index (χ4n) is 1.50. The molecule has 20 heavy (non-hydrogen) atoms. The van der Waals surface area contributed by atoms with Crippen molar-refractivity contribution in [1.82, 2.24) is 4.72 Å². The first-order valence-corrected chi connectivity index (χ1v) is 7.40. The maximum atomic E-state index is 13.9. The molecule has 0 aliphatic carbocycles. The number of halogens is 2. The summed E-state index contributed by atoms with van der Waals surface area (Å²) >= 11 is 5.61. The second-order valence-electron chi connectivity index (χ2n) is 4.11. The number of sulfonamides is 1. The van der Waals surface area contributed by atoms with E-state index in [2.05, 4.69) is 4.72 Å². The molecule has 0 aliphatic rings. The number of hydrogen-bond donors (Lipinski definition) is 3. The van der Waals surface area contributed by atoms with Crippen molar-refractivity contribution in [1.29, 1.82) is 0 Å². The van der Waals surface area contributed by atoms with Crippen LogP contribution in [0.2, 0.25) is 5.02 Å². The molecule has 0 saturated heterocycles. The van der Waals surface area contributed by atoms with Gasteiger partial charge < -0.3 is 10.2 Å². The number of carboxylic acids is 1. The van der Waals surface area contributed by atoms with Gasteiger partial charge in [-0.1, -0.05) is 11.6 Å². The van der Waals surface area contributed by atoms with Gasteiger partial charge in [-0.2, -0.15) is 0 Å². The molecule has 0 spiro atoms. The van der Waals surface area contributed by atoms with Crippen molar-refractivity contribution >= 4 is 27.6 Å². The van der Waals surface area contributed by atoms with Crippen LogP contribution in [0.5, 0.6) is 0 Å². The Labute approximate surface area is 120 Å². The molecule has 112 valence electrons. The maximum Gasteiger partial charge on any atom is 0.338 e. The molecule has 1 atom stereocenters. The third kappa shape index (κ3) is 3.89. The van der Waals surface area contributed by atoms with Crippen LogP contribution in [-0.2, 0) is 10.0 Å². The van der Waals surface area contributed by atoms with Gasteiger partial charge in [-0.05, 0) is 25.5 Å². The van der Waals surface area contributed by atoms with Crippen molar-refractivity contribution in [3.63, 3.8) is 0 Å². The van der Waals surface area contributed by atoms with Crippen LogP contribution >= 0.6 is 11.6 Å². The molecule has 6 nitrogen and oxygen atoms in total. The molecule has 1 rings (SSSR count). The van der Waals surface area contributed by atoms with Gasteiger partial charge in [0, 0.05) is 17.7 Å². The van der Waals surface area contributed by atoms with E-state index in [-0.39, 0.29) is 18.1 Å². The zero-order chi connectivity index (χ0) is 15.5. The standard InChI is InChI=1S/C11H13ClFNO5S/c1-6(2-3-15)14-20(18,19)9-5-7(12)4-8(10(9)13)11(16)17/h4-6,14-15H,2-3H2,1H3,(H,16,17). The smallest absolute Gasteiger partial charge is 0.338 e. The molecule has 1 aromatic carbocycles. The Bertz CT molecular complexity index is 619. The summed E-state index contributed by atoms with van der Waals surface area (Å²) in [6.45, 7) is 1.23. The third-order valence-corrected chi connectivity index (χ3v) is 4.25. The Morgan fingerprint density at radius 1 is 1.50 bits per heavy atom. The van der Waals surface area contributed by atoms with Crippen LogP contribution in [0.15, 0.2) is 17.0 Å². The molecule has 0 radical (unpaired) electrons. The van der Waals surface area contributed by atoms with Crippen molar-refractivity contribution in [2.45, 2.75) is 24.3 Å². The van der Waals surface area contributed by atoms with Gasteiger partial charge in [-0.15, -0.1) is 0 Å². The first kappa shape index (κ1) is 16.8. The highest BCUT2D eigenvalue weighted by Crippen LogP contribution is 2.24. The van der Waals surface area contributed by atoms with Crippen molar-refractivity contribution < 1.29 is 27.8 Å². The second-order valence-corrected chi connectivity index (χ2v) is 6.22. The van der Waals surface area contributed by atoms with E-state index in [0.717, 1.165) is 12.1 Å². The largest absolute Gasteiger partial charge is 0.478 e. The normalized spacial score (nSPS) is 13.2. The molecule has 0 bridgehead atoms. The average Bonchev–Trinajstić information content (AvgIpc) is 2.30. The highest BCUT2D eigenvalue weighted by Gasteiger charge is 2.26. The monoisotopic (exact) mass is 325 g/mol. The number of aliphatic hydroxyl groups excluding tert-OH is 1. The summed E-state index contributed by atoms with van der Waals surface area (Å²) in [5.74, 6) is -3.00. The number of rotatable bonds is 6. The quantitative estimate of drug-likeness (QED) is 0.729. The molecule has 0 aliphatic heterocycles. The molecule has 0 saturated carbocycles. The minimum absolute atomic E-state index is 0.132. The molecule has 0 aromatic heterocycles. The number of nitrogens with one attached hydrogen (secondary N) is 1. The molecule has 9 heteroatoms. The Morgan fingerprint density at radius 2 is 2.10 bits per heavy atom. The molecular formula is C11H13ClFNO5S. The van der Waals surface area contributed by atoms with Gasteiger partial charge in [-0.25, -0.2) is 22.3 Å². The Kier molecular flexibility index (Phi) is 5.46. The predicted molar refractivity (Wildman–Crippen MR) is 69.9 cm³/mol. The van der Waals surface area contributed by atoms with Gasteiger partial charge in [0.25, 0.3) is 0 Å². The Balaban J connectivity index is 3.28. The van der Waals surface area contributed by atoms with Gasteiger partial charge in [0.05, 0.1) is 5.56 Å². The molecular weight excluding hydrogens is 313 g/mol. The zero-order valence-electron chi connectivity index (χ0n) is 10.4. The highest BCUT2D eigenvalue weighted by atomic mass is 35.5. The summed E-state index contributed by atoms with van der Waals surface area (Å²) in [6.07, 6.45) is 0.132. The molecule has 0 heterocycles. The number of carbonyl (C=O) groups is 1. The van der Waals surface area contributed by atoms with Crippen molar-refractivity contribution in [2.24, 2.45) is 0 Å². The van der Waals surface area contributed by atoms with Crippen LogP contribution in [-0.4, -0.2) is 37.2 Å². The lowest BCUT2D eigenvalue weighted by Gasteiger charge is -2.14. The maximum absolute atomic E-state index is 13.9. The lowest BCUT2D eigenvalue weighted by atomic mass is 10.2. The SMILES string of the molecule is CC(CCO)NS(=O)(=O)c1cc(Cl)cc(C(=O)O)c1F. The molecule has 0 amide bonds. The average molecular weight is 326 g/mol. The lowest BCUT2D eigenvalue weighted by molar-refractivity contribution is 0.0691. The molecule has 3 N–H and O–H groups in total. The van der Waals surface area contributed by atoms with Gasteiger partial charge in [0.2, 0.25) is 10.0 Å². The number of aromatic carboxylic acids is 1. The van der Waals surface area contributed by atoms with Crippen molar-refractivity contribution in [2.75, 3.05) is 6.61 Å². The van der Waals surface area contributed by atoms with Gasteiger partial charge in [0.1, 0.15) is 4.90 Å². The predicted octanol–water partition coefficient (Wildman–Crippen LogP) is 1.23. The summed E-state index contributed by atoms with van der Waals surface area (Å²) in [5, 5.41) is 17.3. The fourth-order valence-corrected chi connectivity index (χ4v) is 3.18. The lowest BCUT2D eigenvalue weighted by Crippen LogP contribution is -2.34. The topological polar surface area (TPSA) is 104 Å². The first-order chi connectivity index (χ1) is 9.19. The van der Waals surface area contributed by atoms with Crippen molar-refractivity contribution in [3.05, 3.63) is 28.5 Å². The van der Waals surface area contributed by atoms with E-state index in [4.69, 9.17) is 21.8 Å². The third-order valence-electron chi connectivity index (χ3n) is 2.44. The summed E-state index contributed by atoms with van der Waals surface area (Å²) in [7, 11) is -4.27. The van der Waals surface area contributed by atoms with E-state index in [1.54, 1.807) is 0 Å². The number of carboxylic acid groups (broad SMARTS) is 1. The van der Waals surface area contributed by atoms with Crippen LogP contribution in [0.1, 0.15) is 23.7 Å². The van der Waals surface area contributed by atoms with E-state index in [9.17, 15) is 17.6 Å². The van der Waals surface area contributed by atoms with E-state index in [1.807, 2.05) is 0 Å². The van der Waals surface area contributed by atoms with Gasteiger partial charge in [0.15, 0.2) is 5.82 Å². The Hall–Kier alpha value is -1.22. The van der Waals surface area contributed by atoms with Gasteiger partial charge >= 0.3 is 5.97 Å². The van der Waals surface area contributed by atoms with Crippen LogP contribution in [0.3, 0.4) is 0 Å². The summed E-state index contributed by atoms with van der Waals surface area (Å²) in [4.78, 5) is 9.99. The van der Waals surface area contributed by atoms with E-state index < -0.39 is 38.3 Å². The number of aliphatic hydroxyl groups is 1. The number of hydrogen-bond acceptors (Lipinski definition) is 4. The molecule has 1 aromatic rings. The number of benzene rings is 1. The van der Waals surface area contributed by atoms with Gasteiger partial charge in [-0.3, -0.25) is 0 Å². The first-order valence-electron chi connectivity index (χ1n) is 5.54. The van der Waals surface area contributed by atoms with E-state index >= 15 is 0 Å². The minimum atomic E-state index is -4.27. The van der Waals surface area contributed by atoms with Crippen LogP contribution in [0, 0.1) is 5.82 Å². The zero-order valence-corrected chi connectivity index (χ0v) is 12.0. The summed E-state index contributed by atoms with van der Waals surface area (Å²) < 4.78 is 40.0. The summed E-state index contributed by atoms with van der Waals surface area (Å²) in [6, 6.07) is 1.02. The summed E-state index contributed by atoms with van der Waals surface area (Å²) in [5.41, 5.74) is -0.826. The highest BCUT2D eigenvalue weighted by molar-refractivity contribution is 7.89. The Morgan fingerprint density at radius 3 is 2.60 bits per heavy atom. The second kappa shape index (κ2) is 6.49.